The monoisotopic (exact) mass is 496 g/mol. The van der Waals surface area contributed by atoms with Gasteiger partial charge < -0.3 is 19.5 Å². The summed E-state index contributed by atoms with van der Waals surface area (Å²) in [5.41, 5.74) is 1.55. The van der Waals surface area contributed by atoms with E-state index in [4.69, 9.17) is 14.2 Å². The molecule has 1 atom stereocenters. The molecule has 1 N–H and O–H groups in total. The molecule has 3 aromatic carbocycles. The topological polar surface area (TPSA) is 111 Å². The number of hydrogen-bond acceptors (Lipinski definition) is 7. The molecule has 4 rings (SSSR count). The highest BCUT2D eigenvalue weighted by Crippen LogP contribution is 2.38. The van der Waals surface area contributed by atoms with Gasteiger partial charge in [0.15, 0.2) is 6.10 Å². The molecule has 0 saturated heterocycles. The molecule has 0 aliphatic carbocycles. The van der Waals surface area contributed by atoms with Crippen LogP contribution in [0.2, 0.25) is 0 Å². The van der Waals surface area contributed by atoms with Crippen molar-refractivity contribution in [1.29, 1.82) is 0 Å². The molecule has 1 aliphatic rings. The minimum Gasteiger partial charge on any atom is -0.497 e. The van der Waals surface area contributed by atoms with Gasteiger partial charge in [-0.2, -0.15) is 0 Å². The van der Waals surface area contributed by atoms with E-state index in [-0.39, 0.29) is 28.4 Å². The zero-order valence-electron chi connectivity index (χ0n) is 19.3. The highest BCUT2D eigenvalue weighted by atomic mass is 32.2. The molecule has 182 valence electrons. The number of sulfonamides is 1. The summed E-state index contributed by atoms with van der Waals surface area (Å²) >= 11 is 0. The Kier molecular flexibility index (Phi) is 6.65. The number of benzene rings is 3. The molecule has 1 aliphatic heterocycles. The van der Waals surface area contributed by atoms with E-state index in [1.54, 1.807) is 48.5 Å². The number of carbonyl (C=O) groups is 2. The van der Waals surface area contributed by atoms with Gasteiger partial charge in [0.05, 0.1) is 42.6 Å². The van der Waals surface area contributed by atoms with Gasteiger partial charge in [-0.3, -0.25) is 9.10 Å². The van der Waals surface area contributed by atoms with E-state index in [1.807, 2.05) is 6.92 Å². The number of nitrogens with one attached hydrogen (secondary N) is 1. The van der Waals surface area contributed by atoms with Crippen LogP contribution in [0.25, 0.3) is 0 Å². The van der Waals surface area contributed by atoms with E-state index < -0.39 is 28.0 Å². The third-order valence-electron chi connectivity index (χ3n) is 5.51. The molecule has 3 aromatic rings. The first-order valence-electron chi connectivity index (χ1n) is 10.7. The van der Waals surface area contributed by atoms with Gasteiger partial charge in [0.25, 0.3) is 15.9 Å². The Labute approximate surface area is 203 Å². The standard InChI is InChI=1S/C25H24N2O7S/c1-16-8-13-21-22(14-16)34-23(24(28)26-20-7-5-4-6-19(20)25(29)33-3)15-27(21)35(30,31)18-11-9-17(32-2)10-12-18/h4-14,23H,15H2,1-3H3,(H,26,28)/t23-/m1/s1. The first kappa shape index (κ1) is 24.1. The van der Waals surface area contributed by atoms with Crippen LogP contribution < -0.4 is 19.1 Å². The Bertz CT molecular complexity index is 1370. The number of methoxy groups -OCH3 is 2. The van der Waals surface area contributed by atoms with Gasteiger partial charge in [0, 0.05) is 0 Å². The van der Waals surface area contributed by atoms with Gasteiger partial charge in [-0.25, -0.2) is 13.2 Å². The second kappa shape index (κ2) is 9.67. The maximum absolute atomic E-state index is 13.6. The van der Waals surface area contributed by atoms with Crippen LogP contribution in [0.4, 0.5) is 11.4 Å². The number of ether oxygens (including phenoxy) is 3. The summed E-state index contributed by atoms with van der Waals surface area (Å²) in [5, 5.41) is 2.66. The second-order valence-corrected chi connectivity index (χ2v) is 9.68. The lowest BCUT2D eigenvalue weighted by Crippen LogP contribution is -2.49. The lowest BCUT2D eigenvalue weighted by molar-refractivity contribution is -0.122. The fourth-order valence-corrected chi connectivity index (χ4v) is 5.17. The third-order valence-corrected chi connectivity index (χ3v) is 7.31. The predicted molar refractivity (Wildman–Crippen MR) is 130 cm³/mol. The van der Waals surface area contributed by atoms with E-state index in [2.05, 4.69) is 5.32 Å². The van der Waals surface area contributed by atoms with Crippen molar-refractivity contribution in [2.45, 2.75) is 17.9 Å². The van der Waals surface area contributed by atoms with Crippen molar-refractivity contribution < 1.29 is 32.2 Å². The normalized spacial score (nSPS) is 14.9. The van der Waals surface area contributed by atoms with E-state index in [0.717, 1.165) is 9.87 Å². The lowest BCUT2D eigenvalue weighted by atomic mass is 10.1. The number of nitrogens with zero attached hydrogens (tertiary/aromatic N) is 1. The van der Waals surface area contributed by atoms with Gasteiger partial charge >= 0.3 is 5.97 Å². The molecular weight excluding hydrogens is 472 g/mol. The number of amides is 1. The number of fused-ring (bicyclic) bond motifs is 1. The number of aryl methyl sites for hydroxylation is 1. The van der Waals surface area contributed by atoms with Crippen molar-refractivity contribution in [3.63, 3.8) is 0 Å². The molecule has 1 heterocycles. The number of para-hydroxylation sites is 1. The van der Waals surface area contributed by atoms with Crippen molar-refractivity contribution in [1.82, 2.24) is 0 Å². The molecule has 10 heteroatoms. The number of carbonyl (C=O) groups excluding carboxylic acids is 2. The molecule has 0 aromatic heterocycles. The van der Waals surface area contributed by atoms with Crippen LogP contribution in [0.15, 0.2) is 71.6 Å². The lowest BCUT2D eigenvalue weighted by Gasteiger charge is -2.35. The predicted octanol–water partition coefficient (Wildman–Crippen LogP) is 3.39. The summed E-state index contributed by atoms with van der Waals surface area (Å²) in [6, 6.07) is 17.4. The third kappa shape index (κ3) is 4.78. The van der Waals surface area contributed by atoms with Crippen LogP contribution in [0.3, 0.4) is 0 Å². The molecule has 9 nitrogen and oxygen atoms in total. The quantitative estimate of drug-likeness (QED) is 0.521. The smallest absolute Gasteiger partial charge is 0.339 e. The molecule has 0 spiro atoms. The van der Waals surface area contributed by atoms with Gasteiger partial charge in [0.2, 0.25) is 0 Å². The minimum absolute atomic E-state index is 0.0434. The van der Waals surface area contributed by atoms with Crippen LogP contribution in [0.5, 0.6) is 11.5 Å². The highest BCUT2D eigenvalue weighted by molar-refractivity contribution is 7.92. The summed E-state index contributed by atoms with van der Waals surface area (Å²) in [4.78, 5) is 25.3. The fourth-order valence-electron chi connectivity index (χ4n) is 3.69. The second-order valence-electron chi connectivity index (χ2n) is 7.82. The van der Waals surface area contributed by atoms with Gasteiger partial charge in [-0.1, -0.05) is 18.2 Å². The Morgan fingerprint density at radius 1 is 1.03 bits per heavy atom. The molecule has 0 saturated carbocycles. The summed E-state index contributed by atoms with van der Waals surface area (Å²) in [5.74, 6) is -0.447. The van der Waals surface area contributed by atoms with Crippen LogP contribution >= 0.6 is 0 Å². The molecular formula is C25H24N2O7S. The maximum atomic E-state index is 13.6. The van der Waals surface area contributed by atoms with E-state index >= 15 is 0 Å². The summed E-state index contributed by atoms with van der Waals surface area (Å²) < 4.78 is 44.1. The summed E-state index contributed by atoms with van der Waals surface area (Å²) in [6.45, 7) is 1.57. The first-order valence-corrected chi connectivity index (χ1v) is 12.1. The van der Waals surface area contributed by atoms with Crippen molar-refractivity contribution >= 4 is 33.3 Å². The SMILES string of the molecule is COC(=O)c1ccccc1NC(=O)[C@H]1CN(S(=O)(=O)c2ccc(OC)cc2)c2ccc(C)cc2O1. The molecule has 1 amide bonds. The Balaban J connectivity index is 1.69. The average molecular weight is 497 g/mol. The number of hydrogen-bond donors (Lipinski definition) is 1. The number of esters is 1. The van der Waals surface area contributed by atoms with Crippen LogP contribution in [-0.2, 0) is 19.6 Å². The van der Waals surface area contributed by atoms with Crippen LogP contribution in [0.1, 0.15) is 15.9 Å². The zero-order chi connectivity index (χ0) is 25.2. The zero-order valence-corrected chi connectivity index (χ0v) is 20.2. The molecule has 0 radical (unpaired) electrons. The van der Waals surface area contributed by atoms with Gasteiger partial charge in [-0.05, 0) is 61.0 Å². The van der Waals surface area contributed by atoms with Crippen molar-refractivity contribution in [2.24, 2.45) is 0 Å². The van der Waals surface area contributed by atoms with E-state index in [1.165, 1.54) is 32.4 Å². The Morgan fingerprint density at radius 3 is 2.43 bits per heavy atom. The summed E-state index contributed by atoms with van der Waals surface area (Å²) in [7, 11) is -1.30. The summed E-state index contributed by atoms with van der Waals surface area (Å²) in [6.07, 6.45) is -1.18. The first-order chi connectivity index (χ1) is 16.7. The number of anilines is 2. The van der Waals surface area contributed by atoms with Gasteiger partial charge in [-0.15, -0.1) is 0 Å². The maximum Gasteiger partial charge on any atom is 0.339 e. The van der Waals surface area contributed by atoms with Gasteiger partial charge in [0.1, 0.15) is 11.5 Å². The number of rotatable bonds is 6. The van der Waals surface area contributed by atoms with Crippen molar-refractivity contribution in [2.75, 3.05) is 30.4 Å². The highest BCUT2D eigenvalue weighted by Gasteiger charge is 2.38. The van der Waals surface area contributed by atoms with Crippen LogP contribution in [0, 0.1) is 6.92 Å². The largest absolute Gasteiger partial charge is 0.497 e. The Morgan fingerprint density at radius 2 is 1.74 bits per heavy atom. The fraction of sp³-hybridized carbons (Fsp3) is 0.200. The molecule has 35 heavy (non-hydrogen) atoms. The average Bonchev–Trinajstić information content (AvgIpc) is 2.87. The molecule has 0 bridgehead atoms. The van der Waals surface area contributed by atoms with Crippen LogP contribution in [-0.4, -0.2) is 47.2 Å². The Hall–Kier alpha value is -4.05. The molecule has 0 unspecified atom stereocenters. The van der Waals surface area contributed by atoms with Crippen molar-refractivity contribution in [3.8, 4) is 11.5 Å². The van der Waals surface area contributed by atoms with E-state index in [0.29, 0.717) is 11.4 Å². The molecule has 0 fully saturated rings. The van der Waals surface area contributed by atoms with E-state index in [9.17, 15) is 18.0 Å². The van der Waals surface area contributed by atoms with Crippen molar-refractivity contribution in [3.05, 3.63) is 77.9 Å². The minimum atomic E-state index is -4.03.